The molecule has 1 aromatic heterocycles. The Morgan fingerprint density at radius 3 is 2.94 bits per heavy atom. The summed E-state index contributed by atoms with van der Waals surface area (Å²) in [7, 11) is 1.24. The summed E-state index contributed by atoms with van der Waals surface area (Å²) in [4.78, 5) is 15.1. The average molecular weight is 270 g/mol. The average Bonchev–Trinajstić information content (AvgIpc) is 2.81. The molecule has 0 saturated heterocycles. The number of halogens is 2. The molecule has 2 rings (SSSR count). The van der Waals surface area contributed by atoms with E-state index >= 15 is 0 Å². The van der Waals surface area contributed by atoms with Crippen LogP contribution in [0.4, 0.5) is 19.6 Å². The predicted molar refractivity (Wildman–Crippen MR) is 63.1 cm³/mol. The lowest BCUT2D eigenvalue weighted by atomic mass is 10.3. The minimum atomic E-state index is -0.605. The quantitative estimate of drug-likeness (QED) is 0.871. The van der Waals surface area contributed by atoms with E-state index in [0.29, 0.717) is 0 Å². The Balaban J connectivity index is 2.21. The van der Waals surface area contributed by atoms with Crippen molar-refractivity contribution in [1.82, 2.24) is 4.98 Å². The standard InChI is InChI=1S/C11H8F2N2O2S/c1-17-10(16)9-5-18-11(15-9)14-8-4-6(12)2-3-7(8)13/h2-5H,1H3,(H,14,15). The lowest BCUT2D eigenvalue weighted by Gasteiger charge is -2.03. The first-order valence-electron chi connectivity index (χ1n) is 4.86. The molecule has 0 saturated carbocycles. The van der Waals surface area contributed by atoms with Crippen LogP contribution in [0.3, 0.4) is 0 Å². The van der Waals surface area contributed by atoms with Crippen LogP contribution < -0.4 is 5.32 Å². The maximum Gasteiger partial charge on any atom is 0.357 e. The lowest BCUT2D eigenvalue weighted by molar-refractivity contribution is 0.0595. The molecule has 0 fully saturated rings. The fraction of sp³-hybridized carbons (Fsp3) is 0.0909. The van der Waals surface area contributed by atoms with Gasteiger partial charge in [-0.2, -0.15) is 0 Å². The topological polar surface area (TPSA) is 51.2 Å². The highest BCUT2D eigenvalue weighted by atomic mass is 32.1. The monoisotopic (exact) mass is 270 g/mol. The van der Waals surface area contributed by atoms with Crippen LogP contribution in [0.25, 0.3) is 0 Å². The van der Waals surface area contributed by atoms with Gasteiger partial charge < -0.3 is 10.1 Å². The van der Waals surface area contributed by atoms with Crippen LogP contribution in [0.15, 0.2) is 23.6 Å². The minimum Gasteiger partial charge on any atom is -0.464 e. The second-order valence-corrected chi connectivity index (χ2v) is 4.14. The number of ether oxygens (including phenoxy) is 1. The molecule has 2 aromatic rings. The van der Waals surface area contributed by atoms with Gasteiger partial charge in [-0.3, -0.25) is 0 Å². The van der Waals surface area contributed by atoms with Crippen molar-refractivity contribution < 1.29 is 18.3 Å². The number of aromatic nitrogens is 1. The van der Waals surface area contributed by atoms with E-state index in [1.807, 2.05) is 0 Å². The van der Waals surface area contributed by atoms with E-state index in [-0.39, 0.29) is 16.5 Å². The number of anilines is 2. The number of carbonyl (C=O) groups excluding carboxylic acids is 1. The number of carbonyl (C=O) groups is 1. The molecule has 0 unspecified atom stereocenters. The summed E-state index contributed by atoms with van der Waals surface area (Å²) in [5.74, 6) is -1.76. The maximum atomic E-state index is 13.3. The Morgan fingerprint density at radius 1 is 1.44 bits per heavy atom. The highest BCUT2D eigenvalue weighted by Gasteiger charge is 2.12. The van der Waals surface area contributed by atoms with Gasteiger partial charge in [0.1, 0.15) is 11.6 Å². The number of nitrogens with one attached hydrogen (secondary N) is 1. The molecule has 0 spiro atoms. The second kappa shape index (κ2) is 5.09. The van der Waals surface area contributed by atoms with Crippen molar-refractivity contribution in [3.8, 4) is 0 Å². The molecule has 0 atom stereocenters. The van der Waals surface area contributed by atoms with Crippen molar-refractivity contribution in [2.45, 2.75) is 0 Å². The number of nitrogens with zero attached hydrogens (tertiary/aromatic N) is 1. The third kappa shape index (κ3) is 2.62. The molecule has 0 bridgehead atoms. The van der Waals surface area contributed by atoms with Crippen molar-refractivity contribution in [2.24, 2.45) is 0 Å². The number of hydrogen-bond donors (Lipinski definition) is 1. The van der Waals surface area contributed by atoms with E-state index in [1.165, 1.54) is 12.5 Å². The van der Waals surface area contributed by atoms with Gasteiger partial charge in [0, 0.05) is 11.4 Å². The van der Waals surface area contributed by atoms with Crippen LogP contribution in [0, 0.1) is 11.6 Å². The lowest BCUT2D eigenvalue weighted by Crippen LogP contribution is -2.02. The Hall–Kier alpha value is -2.02. The van der Waals surface area contributed by atoms with Crippen LogP contribution in [-0.2, 0) is 4.74 Å². The van der Waals surface area contributed by atoms with Gasteiger partial charge in [-0.1, -0.05) is 0 Å². The van der Waals surface area contributed by atoms with E-state index in [4.69, 9.17) is 0 Å². The Bertz CT molecular complexity index is 586. The molecule has 0 aliphatic heterocycles. The van der Waals surface area contributed by atoms with Crippen molar-refractivity contribution in [1.29, 1.82) is 0 Å². The van der Waals surface area contributed by atoms with E-state index < -0.39 is 17.6 Å². The van der Waals surface area contributed by atoms with E-state index in [9.17, 15) is 13.6 Å². The number of esters is 1. The van der Waals surface area contributed by atoms with Gasteiger partial charge in [-0.25, -0.2) is 18.6 Å². The maximum absolute atomic E-state index is 13.3. The van der Waals surface area contributed by atoms with Gasteiger partial charge in [0.15, 0.2) is 10.8 Å². The van der Waals surface area contributed by atoms with E-state index in [1.54, 1.807) is 0 Å². The number of benzene rings is 1. The molecule has 1 aromatic carbocycles. The van der Waals surface area contributed by atoms with Gasteiger partial charge in [0.25, 0.3) is 0 Å². The second-order valence-electron chi connectivity index (χ2n) is 3.28. The summed E-state index contributed by atoms with van der Waals surface area (Å²) >= 11 is 1.09. The van der Waals surface area contributed by atoms with Gasteiger partial charge in [0.05, 0.1) is 12.8 Å². The summed E-state index contributed by atoms with van der Waals surface area (Å²) in [5.41, 5.74) is 0.0718. The first kappa shape index (κ1) is 12.4. The van der Waals surface area contributed by atoms with Gasteiger partial charge in [-0.15, -0.1) is 11.3 Å². The molecule has 7 heteroatoms. The minimum absolute atomic E-state index is 0.0410. The summed E-state index contributed by atoms with van der Waals surface area (Å²) in [6.45, 7) is 0. The number of rotatable bonds is 3. The van der Waals surface area contributed by atoms with Crippen LogP contribution in [0.1, 0.15) is 10.5 Å². The Kier molecular flexibility index (Phi) is 3.52. The Labute approximate surface area is 105 Å². The molecule has 1 N–H and O–H groups in total. The van der Waals surface area contributed by atoms with Crippen molar-refractivity contribution in [2.75, 3.05) is 12.4 Å². The molecule has 1 heterocycles. The zero-order chi connectivity index (χ0) is 13.1. The first-order valence-corrected chi connectivity index (χ1v) is 5.74. The number of methoxy groups -OCH3 is 1. The normalized spacial score (nSPS) is 10.2. The molecule has 4 nitrogen and oxygen atoms in total. The summed E-state index contributed by atoms with van der Waals surface area (Å²) in [6.07, 6.45) is 0. The third-order valence-corrected chi connectivity index (χ3v) is 2.83. The fourth-order valence-electron chi connectivity index (χ4n) is 1.24. The van der Waals surface area contributed by atoms with Gasteiger partial charge in [-0.05, 0) is 12.1 Å². The molecule has 0 aliphatic carbocycles. The largest absolute Gasteiger partial charge is 0.464 e. The molecule has 0 aliphatic rings. The van der Waals surface area contributed by atoms with Crippen molar-refractivity contribution in [3.05, 3.63) is 40.9 Å². The van der Waals surface area contributed by atoms with Gasteiger partial charge >= 0.3 is 5.97 Å². The molecular formula is C11H8F2N2O2S. The predicted octanol–water partition coefficient (Wildman–Crippen LogP) is 2.95. The molecular weight excluding hydrogens is 262 g/mol. The Morgan fingerprint density at radius 2 is 2.22 bits per heavy atom. The van der Waals surface area contributed by atoms with E-state index in [0.717, 1.165) is 29.5 Å². The fourth-order valence-corrected chi connectivity index (χ4v) is 1.93. The van der Waals surface area contributed by atoms with Crippen LogP contribution in [-0.4, -0.2) is 18.1 Å². The SMILES string of the molecule is COC(=O)c1csc(Nc2cc(F)ccc2F)n1. The zero-order valence-corrected chi connectivity index (χ0v) is 10.1. The van der Waals surface area contributed by atoms with Gasteiger partial charge in [0.2, 0.25) is 0 Å². The highest BCUT2D eigenvalue weighted by molar-refractivity contribution is 7.14. The highest BCUT2D eigenvalue weighted by Crippen LogP contribution is 2.24. The summed E-state index contributed by atoms with van der Waals surface area (Å²) in [6, 6.07) is 3.03. The van der Waals surface area contributed by atoms with Crippen molar-refractivity contribution in [3.63, 3.8) is 0 Å². The van der Waals surface area contributed by atoms with E-state index in [2.05, 4.69) is 15.0 Å². The summed E-state index contributed by atoms with van der Waals surface area (Å²) < 4.78 is 30.8. The molecule has 0 amide bonds. The molecule has 0 radical (unpaired) electrons. The zero-order valence-electron chi connectivity index (χ0n) is 9.24. The smallest absolute Gasteiger partial charge is 0.357 e. The van der Waals surface area contributed by atoms with Crippen LogP contribution in [0.2, 0.25) is 0 Å². The molecule has 18 heavy (non-hydrogen) atoms. The third-order valence-electron chi connectivity index (χ3n) is 2.07. The number of hydrogen-bond acceptors (Lipinski definition) is 5. The molecule has 94 valence electrons. The number of thiazole rings is 1. The van der Waals surface area contributed by atoms with Crippen molar-refractivity contribution >= 4 is 28.1 Å². The first-order chi connectivity index (χ1) is 8.60. The summed E-state index contributed by atoms with van der Waals surface area (Å²) in [5, 5.41) is 4.34. The van der Waals surface area contributed by atoms with Crippen LogP contribution >= 0.6 is 11.3 Å². The van der Waals surface area contributed by atoms with Crippen LogP contribution in [0.5, 0.6) is 0 Å².